The molecular formula is C11H13BrN2. The van der Waals surface area contributed by atoms with Crippen molar-refractivity contribution in [3.8, 4) is 0 Å². The summed E-state index contributed by atoms with van der Waals surface area (Å²) in [5.41, 5.74) is 3.56. The lowest BCUT2D eigenvalue weighted by Crippen LogP contribution is -2.11. The fourth-order valence-corrected chi connectivity index (χ4v) is 2.00. The Bertz CT molecular complexity index is 466. The fraction of sp³-hybridized carbons (Fsp3) is 0.364. The van der Waals surface area contributed by atoms with Crippen LogP contribution in [0.2, 0.25) is 0 Å². The van der Waals surface area contributed by atoms with E-state index < -0.39 is 0 Å². The first-order valence-electron chi connectivity index (χ1n) is 4.63. The number of imidazole rings is 1. The maximum absolute atomic E-state index is 4.44. The Morgan fingerprint density at radius 2 is 2.00 bits per heavy atom. The lowest BCUT2D eigenvalue weighted by molar-refractivity contribution is 0.595. The largest absolute Gasteiger partial charge is 0.332 e. The zero-order valence-electron chi connectivity index (χ0n) is 8.56. The summed E-state index contributed by atoms with van der Waals surface area (Å²) in [5, 5.41) is 0. The van der Waals surface area contributed by atoms with Gasteiger partial charge in [-0.3, -0.25) is 0 Å². The number of benzene rings is 1. The van der Waals surface area contributed by atoms with Gasteiger partial charge < -0.3 is 4.98 Å². The van der Waals surface area contributed by atoms with E-state index in [0.717, 1.165) is 15.8 Å². The molecule has 1 N–H and O–H groups in total. The predicted octanol–water partition coefficient (Wildman–Crippen LogP) is 3.62. The summed E-state index contributed by atoms with van der Waals surface area (Å²) >= 11 is 3.36. The summed E-state index contributed by atoms with van der Waals surface area (Å²) in [4.78, 5) is 7.62. The molecule has 0 aliphatic heterocycles. The minimum Gasteiger partial charge on any atom is -0.332 e. The molecule has 0 atom stereocenters. The Hall–Kier alpha value is -0.830. The van der Waals surface area contributed by atoms with Crippen molar-refractivity contribution in [2.45, 2.75) is 26.2 Å². The highest BCUT2D eigenvalue weighted by Crippen LogP contribution is 2.29. The maximum atomic E-state index is 4.44. The molecule has 2 nitrogen and oxygen atoms in total. The van der Waals surface area contributed by atoms with E-state index in [1.165, 1.54) is 5.56 Å². The Balaban J connectivity index is 2.77. The summed E-state index contributed by atoms with van der Waals surface area (Å²) < 4.78 is 0.796. The number of aromatic nitrogens is 2. The minimum absolute atomic E-state index is 0.133. The average Bonchev–Trinajstić information content (AvgIpc) is 2.41. The van der Waals surface area contributed by atoms with Gasteiger partial charge in [0, 0.05) is 0 Å². The third-order valence-electron chi connectivity index (χ3n) is 2.29. The molecule has 1 aromatic carbocycles. The van der Waals surface area contributed by atoms with Crippen molar-refractivity contribution < 1.29 is 0 Å². The van der Waals surface area contributed by atoms with Crippen LogP contribution in [0.4, 0.5) is 0 Å². The molecular weight excluding hydrogens is 240 g/mol. The van der Waals surface area contributed by atoms with E-state index in [0.29, 0.717) is 0 Å². The molecule has 0 fully saturated rings. The van der Waals surface area contributed by atoms with Crippen molar-refractivity contribution >= 4 is 27.0 Å². The van der Waals surface area contributed by atoms with Crippen LogP contribution in [-0.4, -0.2) is 9.97 Å². The molecule has 0 radical (unpaired) electrons. The first-order chi connectivity index (χ1) is 6.48. The summed E-state index contributed by atoms with van der Waals surface area (Å²) in [6, 6.07) is 6.24. The number of para-hydroxylation sites is 1. The summed E-state index contributed by atoms with van der Waals surface area (Å²) in [6.07, 6.45) is 0. The monoisotopic (exact) mass is 252 g/mol. The Labute approximate surface area is 91.9 Å². The SMILES string of the molecule is CC(C)(C)c1cccc2[nH]c(Br)nc12. The van der Waals surface area contributed by atoms with Crippen LogP contribution in [0, 0.1) is 0 Å². The van der Waals surface area contributed by atoms with Gasteiger partial charge in [0.1, 0.15) is 0 Å². The maximum Gasteiger partial charge on any atom is 0.175 e. The van der Waals surface area contributed by atoms with Crippen LogP contribution in [0.1, 0.15) is 26.3 Å². The second kappa shape index (κ2) is 3.09. The molecule has 14 heavy (non-hydrogen) atoms. The topological polar surface area (TPSA) is 28.7 Å². The van der Waals surface area contributed by atoms with E-state index in [1.54, 1.807) is 0 Å². The third-order valence-corrected chi connectivity index (χ3v) is 2.67. The summed E-state index contributed by atoms with van der Waals surface area (Å²) in [6.45, 7) is 6.60. The van der Waals surface area contributed by atoms with E-state index in [9.17, 15) is 0 Å². The van der Waals surface area contributed by atoms with Crippen molar-refractivity contribution in [2.75, 3.05) is 0 Å². The highest BCUT2D eigenvalue weighted by Gasteiger charge is 2.18. The van der Waals surface area contributed by atoms with Crippen LogP contribution in [0.25, 0.3) is 11.0 Å². The molecule has 74 valence electrons. The number of H-pyrrole nitrogens is 1. The van der Waals surface area contributed by atoms with Gasteiger partial charge in [0.15, 0.2) is 4.73 Å². The molecule has 0 bridgehead atoms. The molecule has 3 heteroatoms. The molecule has 0 unspecified atom stereocenters. The fourth-order valence-electron chi connectivity index (χ4n) is 1.61. The lowest BCUT2D eigenvalue weighted by Gasteiger charge is -2.18. The lowest BCUT2D eigenvalue weighted by atomic mass is 9.86. The average molecular weight is 253 g/mol. The molecule has 0 saturated carbocycles. The van der Waals surface area contributed by atoms with E-state index in [4.69, 9.17) is 0 Å². The van der Waals surface area contributed by atoms with Crippen LogP contribution in [0.3, 0.4) is 0 Å². The number of halogens is 1. The van der Waals surface area contributed by atoms with Crippen molar-refractivity contribution in [2.24, 2.45) is 0 Å². The zero-order chi connectivity index (χ0) is 10.3. The number of nitrogens with one attached hydrogen (secondary N) is 1. The summed E-state index contributed by atoms with van der Waals surface area (Å²) in [7, 11) is 0. The van der Waals surface area contributed by atoms with Crippen LogP contribution < -0.4 is 0 Å². The quantitative estimate of drug-likeness (QED) is 0.763. The van der Waals surface area contributed by atoms with E-state index >= 15 is 0 Å². The standard InChI is InChI=1S/C11H13BrN2/c1-11(2,3)7-5-4-6-8-9(7)14-10(12)13-8/h4-6H,1-3H3,(H,13,14). The summed E-state index contributed by atoms with van der Waals surface area (Å²) in [5.74, 6) is 0. The number of hydrogen-bond donors (Lipinski definition) is 1. The van der Waals surface area contributed by atoms with E-state index in [-0.39, 0.29) is 5.41 Å². The molecule has 0 amide bonds. The highest BCUT2D eigenvalue weighted by molar-refractivity contribution is 9.10. The Morgan fingerprint density at radius 1 is 1.29 bits per heavy atom. The van der Waals surface area contributed by atoms with E-state index in [1.807, 2.05) is 6.07 Å². The van der Waals surface area contributed by atoms with Crippen LogP contribution in [0.15, 0.2) is 22.9 Å². The van der Waals surface area contributed by atoms with Crippen LogP contribution >= 0.6 is 15.9 Å². The van der Waals surface area contributed by atoms with Crippen molar-refractivity contribution in [1.82, 2.24) is 9.97 Å². The number of aromatic amines is 1. The number of fused-ring (bicyclic) bond motifs is 1. The highest BCUT2D eigenvalue weighted by atomic mass is 79.9. The third kappa shape index (κ3) is 1.57. The van der Waals surface area contributed by atoms with Gasteiger partial charge in [-0.2, -0.15) is 0 Å². The molecule has 2 aromatic rings. The minimum atomic E-state index is 0.133. The van der Waals surface area contributed by atoms with Gasteiger partial charge in [-0.1, -0.05) is 32.9 Å². The molecule has 0 saturated heterocycles. The van der Waals surface area contributed by atoms with Gasteiger partial charge in [-0.25, -0.2) is 4.98 Å². The van der Waals surface area contributed by atoms with Crippen LogP contribution in [-0.2, 0) is 5.41 Å². The van der Waals surface area contributed by atoms with Gasteiger partial charge in [0.25, 0.3) is 0 Å². The zero-order valence-corrected chi connectivity index (χ0v) is 10.1. The predicted molar refractivity (Wildman–Crippen MR) is 62.5 cm³/mol. The van der Waals surface area contributed by atoms with Crippen LogP contribution in [0.5, 0.6) is 0 Å². The first kappa shape index (κ1) is 9.71. The molecule has 1 aromatic heterocycles. The van der Waals surface area contributed by atoms with Gasteiger partial charge in [0.05, 0.1) is 11.0 Å². The Kier molecular flexibility index (Phi) is 2.14. The van der Waals surface area contributed by atoms with Gasteiger partial charge in [-0.15, -0.1) is 0 Å². The van der Waals surface area contributed by atoms with Crippen molar-refractivity contribution in [3.63, 3.8) is 0 Å². The van der Waals surface area contributed by atoms with Crippen molar-refractivity contribution in [1.29, 1.82) is 0 Å². The Morgan fingerprint density at radius 3 is 2.64 bits per heavy atom. The second-order valence-corrected chi connectivity index (χ2v) is 5.23. The number of hydrogen-bond acceptors (Lipinski definition) is 1. The molecule has 2 rings (SSSR count). The molecule has 0 aliphatic carbocycles. The van der Waals surface area contributed by atoms with Gasteiger partial charge >= 0.3 is 0 Å². The smallest absolute Gasteiger partial charge is 0.175 e. The number of nitrogens with zero attached hydrogens (tertiary/aromatic N) is 1. The normalized spacial score (nSPS) is 12.3. The second-order valence-electron chi connectivity index (χ2n) is 4.48. The first-order valence-corrected chi connectivity index (χ1v) is 5.42. The molecule has 0 spiro atoms. The number of rotatable bonds is 0. The van der Waals surface area contributed by atoms with Gasteiger partial charge in [0.2, 0.25) is 0 Å². The molecule has 0 aliphatic rings. The van der Waals surface area contributed by atoms with E-state index in [2.05, 4.69) is 58.8 Å². The molecule has 1 heterocycles. The van der Waals surface area contributed by atoms with Gasteiger partial charge in [-0.05, 0) is 33.0 Å². The van der Waals surface area contributed by atoms with Crippen molar-refractivity contribution in [3.05, 3.63) is 28.5 Å².